The van der Waals surface area contributed by atoms with Crippen LogP contribution in [0, 0.1) is 0 Å². The Hall–Kier alpha value is -2.16. The van der Waals surface area contributed by atoms with Crippen LogP contribution in [0.25, 0.3) is 0 Å². The van der Waals surface area contributed by atoms with Gasteiger partial charge in [0.25, 0.3) is 0 Å². The number of aromatic nitrogens is 1. The molecule has 0 bridgehead atoms. The average Bonchev–Trinajstić information content (AvgIpc) is 2.53. The van der Waals surface area contributed by atoms with Crippen LogP contribution in [0.5, 0.6) is 0 Å². The molecule has 1 atom stereocenters. The van der Waals surface area contributed by atoms with Gasteiger partial charge in [-0.25, -0.2) is 0 Å². The summed E-state index contributed by atoms with van der Waals surface area (Å²) in [5.74, 6) is -1.30. The summed E-state index contributed by atoms with van der Waals surface area (Å²) in [6.07, 6.45) is 6.78. The van der Waals surface area contributed by atoms with E-state index < -0.39 is 11.9 Å². The highest BCUT2D eigenvalue weighted by molar-refractivity contribution is 5.76. The summed E-state index contributed by atoms with van der Waals surface area (Å²) in [5.41, 5.74) is 4.43. The lowest BCUT2D eigenvalue weighted by molar-refractivity contribution is -0.138. The summed E-state index contributed by atoms with van der Waals surface area (Å²) < 4.78 is 0. The molecule has 3 nitrogen and oxygen atoms in total. The van der Waals surface area contributed by atoms with Crippen molar-refractivity contribution >= 4 is 5.97 Å². The zero-order valence-corrected chi connectivity index (χ0v) is 12.0. The number of fused-ring (bicyclic) bond motifs is 1. The number of aryl methyl sites for hydroxylation is 2. The number of rotatable bonds is 4. The summed E-state index contributed by atoms with van der Waals surface area (Å²) in [6, 6.07) is 11.8. The summed E-state index contributed by atoms with van der Waals surface area (Å²) in [7, 11) is 0. The van der Waals surface area contributed by atoms with Crippen molar-refractivity contribution in [2.45, 2.75) is 38.0 Å². The Morgan fingerprint density at radius 2 is 1.95 bits per heavy atom. The third-order valence-electron chi connectivity index (χ3n) is 4.21. The van der Waals surface area contributed by atoms with Crippen LogP contribution in [0.4, 0.5) is 0 Å². The molecule has 3 heteroatoms. The quantitative estimate of drug-likeness (QED) is 0.934. The van der Waals surface area contributed by atoms with E-state index in [1.807, 2.05) is 24.3 Å². The zero-order valence-electron chi connectivity index (χ0n) is 12.0. The number of pyridine rings is 1. The van der Waals surface area contributed by atoms with Gasteiger partial charge in [-0.2, -0.15) is 0 Å². The SMILES string of the molecule is O=C(O)C(Cc1ccccn1)c1ccc2c(c1)CCCC2. The molecule has 108 valence electrons. The first-order chi connectivity index (χ1) is 10.2. The Morgan fingerprint density at radius 1 is 1.14 bits per heavy atom. The normalized spacial score (nSPS) is 15.2. The molecule has 0 aliphatic heterocycles. The van der Waals surface area contributed by atoms with Crippen molar-refractivity contribution in [2.75, 3.05) is 0 Å². The zero-order chi connectivity index (χ0) is 14.7. The maximum atomic E-state index is 11.6. The molecule has 1 aliphatic rings. The number of hydrogen-bond acceptors (Lipinski definition) is 2. The fourth-order valence-corrected chi connectivity index (χ4v) is 3.05. The molecule has 1 unspecified atom stereocenters. The van der Waals surface area contributed by atoms with E-state index in [0.29, 0.717) is 6.42 Å². The van der Waals surface area contributed by atoms with Gasteiger partial charge in [-0.15, -0.1) is 0 Å². The lowest BCUT2D eigenvalue weighted by atomic mass is 9.86. The molecule has 3 rings (SSSR count). The van der Waals surface area contributed by atoms with Crippen LogP contribution in [-0.4, -0.2) is 16.1 Å². The highest BCUT2D eigenvalue weighted by Crippen LogP contribution is 2.27. The number of carboxylic acids is 1. The van der Waals surface area contributed by atoms with Gasteiger partial charge in [0.2, 0.25) is 0 Å². The van der Waals surface area contributed by atoms with Gasteiger partial charge in [0.15, 0.2) is 0 Å². The van der Waals surface area contributed by atoms with E-state index in [4.69, 9.17) is 0 Å². The molecule has 0 spiro atoms. The molecule has 1 heterocycles. The van der Waals surface area contributed by atoms with Crippen molar-refractivity contribution < 1.29 is 9.90 Å². The monoisotopic (exact) mass is 281 g/mol. The van der Waals surface area contributed by atoms with Crippen molar-refractivity contribution in [3.05, 3.63) is 65.0 Å². The van der Waals surface area contributed by atoms with E-state index in [0.717, 1.165) is 24.1 Å². The van der Waals surface area contributed by atoms with Crippen LogP contribution in [0.1, 0.15) is 41.1 Å². The number of carbonyl (C=O) groups is 1. The second-order valence-corrected chi connectivity index (χ2v) is 5.65. The summed E-state index contributed by atoms with van der Waals surface area (Å²) in [4.78, 5) is 15.9. The van der Waals surface area contributed by atoms with Gasteiger partial charge in [0.05, 0.1) is 5.92 Å². The van der Waals surface area contributed by atoms with Gasteiger partial charge < -0.3 is 5.11 Å². The van der Waals surface area contributed by atoms with Crippen molar-refractivity contribution in [3.63, 3.8) is 0 Å². The Morgan fingerprint density at radius 3 is 2.67 bits per heavy atom. The predicted molar refractivity (Wildman–Crippen MR) is 81.4 cm³/mol. The number of aliphatic carboxylic acids is 1. The van der Waals surface area contributed by atoms with Crippen molar-refractivity contribution in [1.29, 1.82) is 0 Å². The number of carboxylic acid groups (broad SMARTS) is 1. The van der Waals surface area contributed by atoms with Gasteiger partial charge in [0.1, 0.15) is 0 Å². The average molecular weight is 281 g/mol. The fraction of sp³-hybridized carbons (Fsp3) is 0.333. The Labute approximate surface area is 124 Å². The molecular formula is C18H19NO2. The number of nitrogens with zero attached hydrogens (tertiary/aromatic N) is 1. The second kappa shape index (κ2) is 6.08. The molecule has 1 aromatic heterocycles. The maximum Gasteiger partial charge on any atom is 0.311 e. The summed E-state index contributed by atoms with van der Waals surface area (Å²) in [6.45, 7) is 0. The van der Waals surface area contributed by atoms with E-state index in [9.17, 15) is 9.90 Å². The first kappa shape index (κ1) is 13.8. The molecule has 0 saturated heterocycles. The smallest absolute Gasteiger partial charge is 0.311 e. The minimum Gasteiger partial charge on any atom is -0.481 e. The van der Waals surface area contributed by atoms with Crippen LogP contribution in [0.2, 0.25) is 0 Å². The van der Waals surface area contributed by atoms with Gasteiger partial charge in [-0.3, -0.25) is 9.78 Å². The molecule has 21 heavy (non-hydrogen) atoms. The van der Waals surface area contributed by atoms with Crippen LogP contribution >= 0.6 is 0 Å². The van der Waals surface area contributed by atoms with Gasteiger partial charge >= 0.3 is 5.97 Å². The second-order valence-electron chi connectivity index (χ2n) is 5.65. The number of benzene rings is 1. The van der Waals surface area contributed by atoms with E-state index in [-0.39, 0.29) is 0 Å². The molecule has 1 aliphatic carbocycles. The molecule has 0 saturated carbocycles. The third kappa shape index (κ3) is 3.13. The Balaban J connectivity index is 1.89. The largest absolute Gasteiger partial charge is 0.481 e. The highest BCUT2D eigenvalue weighted by atomic mass is 16.4. The topological polar surface area (TPSA) is 50.2 Å². The lowest BCUT2D eigenvalue weighted by Crippen LogP contribution is -2.16. The molecule has 2 aromatic rings. The van der Waals surface area contributed by atoms with Gasteiger partial charge in [0, 0.05) is 18.3 Å². The minimum atomic E-state index is -0.781. The van der Waals surface area contributed by atoms with Crippen LogP contribution in [-0.2, 0) is 24.1 Å². The standard InChI is InChI=1S/C18H19NO2/c20-18(21)17(12-16-7-3-4-10-19-16)15-9-8-13-5-1-2-6-14(13)11-15/h3-4,7-11,17H,1-2,5-6,12H2,(H,20,21). The van der Waals surface area contributed by atoms with E-state index in [1.165, 1.54) is 24.0 Å². The Bertz CT molecular complexity index is 637. The van der Waals surface area contributed by atoms with E-state index in [1.54, 1.807) is 6.20 Å². The van der Waals surface area contributed by atoms with Crippen LogP contribution < -0.4 is 0 Å². The summed E-state index contributed by atoms with van der Waals surface area (Å²) in [5, 5.41) is 9.56. The maximum absolute atomic E-state index is 11.6. The highest BCUT2D eigenvalue weighted by Gasteiger charge is 2.22. The van der Waals surface area contributed by atoms with E-state index in [2.05, 4.69) is 17.1 Å². The van der Waals surface area contributed by atoms with Crippen molar-refractivity contribution in [3.8, 4) is 0 Å². The number of hydrogen-bond donors (Lipinski definition) is 1. The molecule has 1 aromatic carbocycles. The molecule has 0 fully saturated rings. The van der Waals surface area contributed by atoms with Crippen molar-refractivity contribution in [2.24, 2.45) is 0 Å². The predicted octanol–water partition coefficient (Wildman–Crippen LogP) is 3.37. The van der Waals surface area contributed by atoms with Crippen LogP contribution in [0.15, 0.2) is 42.6 Å². The first-order valence-electron chi connectivity index (χ1n) is 7.48. The molecule has 0 radical (unpaired) electrons. The fourth-order valence-electron chi connectivity index (χ4n) is 3.05. The van der Waals surface area contributed by atoms with Crippen LogP contribution in [0.3, 0.4) is 0 Å². The lowest BCUT2D eigenvalue weighted by Gasteiger charge is -2.19. The molecule has 0 amide bonds. The molecule has 1 N–H and O–H groups in total. The van der Waals surface area contributed by atoms with Gasteiger partial charge in [-0.05, 0) is 54.5 Å². The first-order valence-corrected chi connectivity index (χ1v) is 7.48. The molecular weight excluding hydrogens is 262 g/mol. The van der Waals surface area contributed by atoms with E-state index >= 15 is 0 Å². The van der Waals surface area contributed by atoms with Crippen molar-refractivity contribution in [1.82, 2.24) is 4.98 Å². The van der Waals surface area contributed by atoms with Gasteiger partial charge in [-0.1, -0.05) is 24.3 Å². The summed E-state index contributed by atoms with van der Waals surface area (Å²) >= 11 is 0. The Kier molecular flexibility index (Phi) is 4.00. The third-order valence-corrected chi connectivity index (χ3v) is 4.21. The minimum absolute atomic E-state index is 0.439.